The normalized spacial score (nSPS) is 16.8. The molecule has 1 aliphatic heterocycles. The highest BCUT2D eigenvalue weighted by Crippen LogP contribution is 2.42. The number of benzene rings is 2. The second kappa shape index (κ2) is 11.2. The van der Waals surface area contributed by atoms with Crippen molar-refractivity contribution in [1.29, 1.82) is 0 Å². The fourth-order valence-corrected chi connectivity index (χ4v) is 4.33. The van der Waals surface area contributed by atoms with E-state index in [1.165, 1.54) is 12.0 Å². The summed E-state index contributed by atoms with van der Waals surface area (Å²) in [5, 5.41) is 11.3. The van der Waals surface area contributed by atoms with E-state index in [1.54, 1.807) is 60.9 Å². The van der Waals surface area contributed by atoms with Crippen LogP contribution in [0.15, 0.2) is 72.6 Å². The van der Waals surface area contributed by atoms with Crippen LogP contribution in [0.25, 0.3) is 5.76 Å². The number of aliphatic hydroxyl groups is 1. The molecule has 4 rings (SSSR count). The van der Waals surface area contributed by atoms with Crippen molar-refractivity contribution in [3.8, 4) is 17.2 Å². The van der Waals surface area contributed by atoms with Gasteiger partial charge in [0, 0.05) is 24.5 Å². The molecule has 1 saturated heterocycles. The Bertz CT molecular complexity index is 1300. The Kier molecular flexibility index (Phi) is 7.77. The number of aliphatic hydroxyl groups excluding tert-OH is 1. The fraction of sp³-hybridized carbons (Fsp3) is 0.276. The summed E-state index contributed by atoms with van der Waals surface area (Å²) in [7, 11) is 1.52. The summed E-state index contributed by atoms with van der Waals surface area (Å²) >= 11 is 0. The predicted molar refractivity (Wildman–Crippen MR) is 138 cm³/mol. The standard InChI is InChI=1S/C29H30N2O6/c1-5-36-23-13-10-21(15-24(23)35-4)26-25(27(32)20-8-11-22(12-9-20)37-18(2)3)28(33)29(34)31(26)17-19-7-6-14-30-16-19/h6-16,18,26,32H,5,17H2,1-4H3/b27-25+/t26-/m0/s1. The maximum absolute atomic E-state index is 13.3. The third-order valence-electron chi connectivity index (χ3n) is 5.92. The number of carbonyl (C=O) groups is 2. The Morgan fingerprint density at radius 1 is 1.08 bits per heavy atom. The number of pyridine rings is 1. The van der Waals surface area contributed by atoms with E-state index in [2.05, 4.69) is 4.98 Å². The zero-order valence-corrected chi connectivity index (χ0v) is 21.3. The van der Waals surface area contributed by atoms with Crippen molar-refractivity contribution >= 4 is 17.4 Å². The van der Waals surface area contributed by atoms with Gasteiger partial charge in [-0.05, 0) is 74.4 Å². The van der Waals surface area contributed by atoms with E-state index in [9.17, 15) is 14.7 Å². The minimum atomic E-state index is -0.851. The van der Waals surface area contributed by atoms with Crippen molar-refractivity contribution in [2.45, 2.75) is 39.5 Å². The van der Waals surface area contributed by atoms with Gasteiger partial charge in [-0.25, -0.2) is 0 Å². The van der Waals surface area contributed by atoms with Gasteiger partial charge in [-0.1, -0.05) is 12.1 Å². The summed E-state index contributed by atoms with van der Waals surface area (Å²) < 4.78 is 16.8. The van der Waals surface area contributed by atoms with E-state index in [0.717, 1.165) is 5.56 Å². The van der Waals surface area contributed by atoms with Gasteiger partial charge in [-0.3, -0.25) is 14.6 Å². The number of likely N-dealkylation sites (tertiary alicyclic amines) is 1. The zero-order chi connectivity index (χ0) is 26.5. The second-order valence-electron chi connectivity index (χ2n) is 8.82. The Morgan fingerprint density at radius 2 is 1.84 bits per heavy atom. The third kappa shape index (κ3) is 5.43. The Labute approximate surface area is 216 Å². The molecule has 2 heterocycles. The Morgan fingerprint density at radius 3 is 2.46 bits per heavy atom. The third-order valence-corrected chi connectivity index (χ3v) is 5.92. The molecule has 8 heteroatoms. The molecule has 8 nitrogen and oxygen atoms in total. The number of hydrogen-bond donors (Lipinski definition) is 1. The largest absolute Gasteiger partial charge is 0.507 e. The quantitative estimate of drug-likeness (QED) is 0.253. The first-order chi connectivity index (χ1) is 17.8. The zero-order valence-electron chi connectivity index (χ0n) is 21.3. The highest BCUT2D eigenvalue weighted by atomic mass is 16.5. The molecule has 2 aromatic carbocycles. The molecule has 0 saturated carbocycles. The first-order valence-electron chi connectivity index (χ1n) is 12.1. The molecular weight excluding hydrogens is 472 g/mol. The molecular formula is C29H30N2O6. The monoisotopic (exact) mass is 502 g/mol. The van der Waals surface area contributed by atoms with Gasteiger partial charge in [0.2, 0.25) is 0 Å². The van der Waals surface area contributed by atoms with Gasteiger partial charge in [0.25, 0.3) is 11.7 Å². The molecule has 0 aliphatic carbocycles. The van der Waals surface area contributed by atoms with Crippen molar-refractivity contribution < 1.29 is 28.9 Å². The number of ether oxygens (including phenoxy) is 3. The van der Waals surface area contributed by atoms with Gasteiger partial charge in [0.1, 0.15) is 11.5 Å². The first kappa shape index (κ1) is 25.8. The van der Waals surface area contributed by atoms with E-state index < -0.39 is 17.7 Å². The van der Waals surface area contributed by atoms with E-state index in [-0.39, 0.29) is 24.0 Å². The van der Waals surface area contributed by atoms with Gasteiger partial charge in [-0.2, -0.15) is 0 Å². The predicted octanol–water partition coefficient (Wildman–Crippen LogP) is 4.90. The summed E-state index contributed by atoms with van der Waals surface area (Å²) in [6.45, 7) is 6.29. The number of methoxy groups -OCH3 is 1. The summed E-state index contributed by atoms with van der Waals surface area (Å²) in [6, 6.07) is 14.7. The van der Waals surface area contributed by atoms with Gasteiger partial charge in [0.15, 0.2) is 11.5 Å². The Hall–Kier alpha value is -4.33. The molecule has 0 radical (unpaired) electrons. The molecule has 3 aromatic rings. The minimum absolute atomic E-state index is 0.00219. The molecule has 1 fully saturated rings. The van der Waals surface area contributed by atoms with Crippen molar-refractivity contribution in [2.24, 2.45) is 0 Å². The Balaban J connectivity index is 1.83. The molecule has 37 heavy (non-hydrogen) atoms. The summed E-state index contributed by atoms with van der Waals surface area (Å²) in [5.74, 6) is -0.0951. The number of nitrogens with zero attached hydrogens (tertiary/aromatic N) is 2. The minimum Gasteiger partial charge on any atom is -0.507 e. The SMILES string of the molecule is CCOc1ccc([C@H]2/C(=C(\O)c3ccc(OC(C)C)cc3)C(=O)C(=O)N2Cc2cccnc2)cc1OC. The maximum Gasteiger partial charge on any atom is 0.295 e. The van der Waals surface area contributed by atoms with Crippen LogP contribution in [0.1, 0.15) is 43.5 Å². The smallest absolute Gasteiger partial charge is 0.295 e. The second-order valence-corrected chi connectivity index (χ2v) is 8.82. The lowest BCUT2D eigenvalue weighted by Crippen LogP contribution is -2.29. The number of amides is 1. The van der Waals surface area contributed by atoms with Crippen molar-refractivity contribution in [3.05, 3.63) is 89.3 Å². The van der Waals surface area contributed by atoms with Crippen molar-refractivity contribution in [1.82, 2.24) is 9.88 Å². The summed E-state index contributed by atoms with van der Waals surface area (Å²) in [5.41, 5.74) is 1.75. The highest BCUT2D eigenvalue weighted by molar-refractivity contribution is 6.46. The highest BCUT2D eigenvalue weighted by Gasteiger charge is 2.46. The number of ketones is 1. The molecule has 0 spiro atoms. The summed E-state index contributed by atoms with van der Waals surface area (Å²) in [4.78, 5) is 32.2. The van der Waals surface area contributed by atoms with Crippen LogP contribution >= 0.6 is 0 Å². The molecule has 0 unspecified atom stereocenters. The van der Waals surface area contributed by atoms with Gasteiger partial charge in [-0.15, -0.1) is 0 Å². The lowest BCUT2D eigenvalue weighted by atomic mass is 9.94. The fourth-order valence-electron chi connectivity index (χ4n) is 4.33. The van der Waals surface area contributed by atoms with E-state index in [1.807, 2.05) is 26.8 Å². The van der Waals surface area contributed by atoms with Gasteiger partial charge >= 0.3 is 0 Å². The van der Waals surface area contributed by atoms with E-state index in [0.29, 0.717) is 35.0 Å². The number of hydrogen-bond acceptors (Lipinski definition) is 7. The average Bonchev–Trinajstić information content (AvgIpc) is 3.14. The summed E-state index contributed by atoms with van der Waals surface area (Å²) in [6.07, 6.45) is 3.27. The van der Waals surface area contributed by atoms with Crippen LogP contribution in [0.4, 0.5) is 0 Å². The van der Waals surface area contributed by atoms with Crippen LogP contribution in [0.3, 0.4) is 0 Å². The van der Waals surface area contributed by atoms with Crippen molar-refractivity contribution in [2.75, 3.05) is 13.7 Å². The molecule has 192 valence electrons. The number of aromatic nitrogens is 1. The first-order valence-corrected chi connectivity index (χ1v) is 12.1. The molecule has 1 N–H and O–H groups in total. The number of carbonyl (C=O) groups excluding carboxylic acids is 2. The number of rotatable bonds is 9. The van der Waals surface area contributed by atoms with Crippen LogP contribution < -0.4 is 14.2 Å². The molecule has 0 bridgehead atoms. The lowest BCUT2D eigenvalue weighted by Gasteiger charge is -2.26. The van der Waals surface area contributed by atoms with Crippen LogP contribution in [-0.4, -0.2) is 46.5 Å². The van der Waals surface area contributed by atoms with Crippen LogP contribution in [-0.2, 0) is 16.1 Å². The molecule has 1 atom stereocenters. The molecule has 1 aromatic heterocycles. The molecule has 1 amide bonds. The molecule has 1 aliphatic rings. The topological polar surface area (TPSA) is 98.2 Å². The van der Waals surface area contributed by atoms with Crippen molar-refractivity contribution in [3.63, 3.8) is 0 Å². The number of Topliss-reactive ketones (excluding diaryl/α,β-unsaturated/α-hetero) is 1. The van der Waals surface area contributed by atoms with Crippen LogP contribution in [0.5, 0.6) is 17.2 Å². The van der Waals surface area contributed by atoms with Crippen LogP contribution in [0, 0.1) is 0 Å². The van der Waals surface area contributed by atoms with E-state index >= 15 is 0 Å². The maximum atomic E-state index is 13.3. The lowest BCUT2D eigenvalue weighted by molar-refractivity contribution is -0.140. The van der Waals surface area contributed by atoms with Gasteiger partial charge < -0.3 is 24.2 Å². The average molecular weight is 503 g/mol. The van der Waals surface area contributed by atoms with Crippen LogP contribution in [0.2, 0.25) is 0 Å². The van der Waals surface area contributed by atoms with Gasteiger partial charge in [0.05, 0.1) is 31.4 Å². The van der Waals surface area contributed by atoms with E-state index in [4.69, 9.17) is 14.2 Å².